The molecule has 1 heterocycles. The SMILES string of the molecule is C=Cc1nn(-c2cc(CCC(=O)NCCC[N+](C)(CC)CC)cc(C(C)(C)C)c2O)nc1C=C.COS(=O)(=O)c1ccc(C)cc1. The van der Waals surface area contributed by atoms with Crippen LogP contribution in [0.15, 0.2) is 54.5 Å². The minimum atomic E-state index is -3.51. The zero-order chi connectivity index (χ0) is 34.7. The van der Waals surface area contributed by atoms with Crippen molar-refractivity contribution in [1.29, 1.82) is 0 Å². The number of rotatable bonds is 14. The first-order chi connectivity index (χ1) is 21.5. The molecule has 0 aliphatic heterocycles. The van der Waals surface area contributed by atoms with E-state index in [0.29, 0.717) is 36.5 Å². The first-order valence-electron chi connectivity index (χ1n) is 15.6. The quantitative estimate of drug-likeness (QED) is 0.128. The number of phenolic OH excluding ortho intramolecular Hbond substituents is 1. The minimum Gasteiger partial charge on any atom is -0.505 e. The summed E-state index contributed by atoms with van der Waals surface area (Å²) in [4.78, 5) is 14.1. The fourth-order valence-electron chi connectivity index (χ4n) is 4.65. The van der Waals surface area contributed by atoms with Crippen LogP contribution in [0.5, 0.6) is 5.75 Å². The van der Waals surface area contributed by atoms with E-state index in [1.807, 2.05) is 39.8 Å². The van der Waals surface area contributed by atoms with Crippen molar-refractivity contribution in [2.75, 3.05) is 40.3 Å². The molecule has 0 atom stereocenters. The lowest BCUT2D eigenvalue weighted by Crippen LogP contribution is -2.45. The van der Waals surface area contributed by atoms with E-state index in [0.717, 1.165) is 54.3 Å². The van der Waals surface area contributed by atoms with Gasteiger partial charge in [0.25, 0.3) is 10.1 Å². The lowest BCUT2D eigenvalue weighted by atomic mass is 9.84. The van der Waals surface area contributed by atoms with Gasteiger partial charge in [0.05, 0.1) is 38.7 Å². The van der Waals surface area contributed by atoms with E-state index in [1.54, 1.807) is 24.3 Å². The number of nitrogens with zero attached hydrogens (tertiary/aromatic N) is 4. The lowest BCUT2D eigenvalue weighted by Gasteiger charge is -2.32. The summed E-state index contributed by atoms with van der Waals surface area (Å²) < 4.78 is 27.5. The number of phenols is 1. The molecule has 0 bridgehead atoms. The lowest BCUT2D eigenvalue weighted by molar-refractivity contribution is -0.906. The fraction of sp³-hybridized carbons (Fsp3) is 0.457. The molecule has 0 aliphatic carbocycles. The average molecular weight is 655 g/mol. The molecule has 10 nitrogen and oxygen atoms in total. The van der Waals surface area contributed by atoms with Gasteiger partial charge in [-0.15, -0.1) is 15.0 Å². The van der Waals surface area contributed by atoms with E-state index >= 15 is 0 Å². The molecule has 0 radical (unpaired) electrons. The van der Waals surface area contributed by atoms with Crippen LogP contribution in [-0.4, -0.2) is 79.2 Å². The van der Waals surface area contributed by atoms with Crippen LogP contribution in [0.2, 0.25) is 0 Å². The standard InChI is InChI=1S/C27H41N5O2.C8H10O3S/c1-9-22-23(10-2)30-31(29-22)24-19-20(18-21(26(24)34)27(5,6)7)14-15-25(33)28-16-13-17-32(8,11-3)12-4;1-7-3-5-8(6-4-7)12(9,10)11-2/h9-10,18-19H,1-2,11-17H2,3-8H3,(H-,28,33,34);3-6H,1-2H3/p+1. The third-order valence-electron chi connectivity index (χ3n) is 8.12. The molecule has 0 unspecified atom stereocenters. The minimum absolute atomic E-state index is 0.0363. The molecule has 0 spiro atoms. The molecule has 252 valence electrons. The van der Waals surface area contributed by atoms with Gasteiger partial charge in [0.2, 0.25) is 5.91 Å². The summed E-state index contributed by atoms with van der Waals surface area (Å²) in [5.41, 5.74) is 4.13. The van der Waals surface area contributed by atoms with Gasteiger partial charge in [-0.1, -0.05) is 57.7 Å². The van der Waals surface area contributed by atoms with E-state index < -0.39 is 10.1 Å². The van der Waals surface area contributed by atoms with Crippen molar-refractivity contribution in [3.63, 3.8) is 0 Å². The summed E-state index contributed by atoms with van der Waals surface area (Å²) in [6.45, 7) is 23.9. The number of carbonyl (C=O) groups excluding carboxylic acids is 1. The molecule has 1 amide bonds. The van der Waals surface area contributed by atoms with Gasteiger partial charge < -0.3 is 14.9 Å². The van der Waals surface area contributed by atoms with Crippen LogP contribution < -0.4 is 5.32 Å². The normalized spacial score (nSPS) is 11.8. The van der Waals surface area contributed by atoms with E-state index in [2.05, 4.69) is 53.8 Å². The smallest absolute Gasteiger partial charge is 0.296 e. The third kappa shape index (κ3) is 10.6. The van der Waals surface area contributed by atoms with Crippen molar-refractivity contribution in [3.05, 3.63) is 77.6 Å². The van der Waals surface area contributed by atoms with Crippen LogP contribution in [-0.2, 0) is 30.9 Å². The topological polar surface area (TPSA) is 123 Å². The number of carbonyl (C=O) groups is 1. The number of aryl methyl sites for hydroxylation is 2. The number of hydrogen-bond donors (Lipinski definition) is 2. The van der Waals surface area contributed by atoms with Gasteiger partial charge in [-0.05, 0) is 68.5 Å². The van der Waals surface area contributed by atoms with Crippen LogP contribution in [0, 0.1) is 6.92 Å². The van der Waals surface area contributed by atoms with Crippen LogP contribution in [0.25, 0.3) is 17.8 Å². The van der Waals surface area contributed by atoms with Gasteiger partial charge in [0.1, 0.15) is 22.8 Å². The fourth-order valence-corrected chi connectivity index (χ4v) is 5.31. The zero-order valence-electron chi connectivity index (χ0n) is 28.8. The predicted molar refractivity (Wildman–Crippen MR) is 185 cm³/mol. The van der Waals surface area contributed by atoms with Crippen molar-refractivity contribution in [2.45, 2.75) is 71.1 Å². The molecule has 2 aromatic carbocycles. The maximum Gasteiger partial charge on any atom is 0.296 e. The Balaban J connectivity index is 0.000000512. The second-order valence-corrected chi connectivity index (χ2v) is 14.3. The molecule has 0 saturated carbocycles. The Morgan fingerprint density at radius 2 is 1.63 bits per heavy atom. The maximum atomic E-state index is 12.5. The largest absolute Gasteiger partial charge is 0.505 e. The second-order valence-electron chi connectivity index (χ2n) is 12.5. The molecule has 0 saturated heterocycles. The van der Waals surface area contributed by atoms with Crippen molar-refractivity contribution >= 4 is 28.2 Å². The van der Waals surface area contributed by atoms with Crippen LogP contribution in [0.3, 0.4) is 0 Å². The number of benzene rings is 2. The number of quaternary nitrogens is 1. The number of nitrogens with one attached hydrogen (secondary N) is 1. The molecule has 0 fully saturated rings. The number of amides is 1. The molecule has 3 rings (SSSR count). The maximum absolute atomic E-state index is 12.5. The number of aromatic nitrogens is 3. The highest BCUT2D eigenvalue weighted by molar-refractivity contribution is 7.86. The number of aromatic hydroxyl groups is 1. The summed E-state index contributed by atoms with van der Waals surface area (Å²) in [5.74, 6) is 0.171. The summed E-state index contributed by atoms with van der Waals surface area (Å²) >= 11 is 0. The Kier molecular flexibility index (Phi) is 13.9. The molecular weight excluding hydrogens is 602 g/mol. The second kappa shape index (κ2) is 16.7. The van der Waals surface area contributed by atoms with Gasteiger partial charge >= 0.3 is 0 Å². The summed E-state index contributed by atoms with van der Waals surface area (Å²) in [6.07, 6.45) is 5.12. The molecule has 1 aromatic heterocycles. The van der Waals surface area contributed by atoms with Gasteiger partial charge in [0.15, 0.2) is 0 Å². The highest BCUT2D eigenvalue weighted by Crippen LogP contribution is 2.36. The van der Waals surface area contributed by atoms with Crippen molar-refractivity contribution < 1.29 is 27.0 Å². The van der Waals surface area contributed by atoms with Gasteiger partial charge in [-0.3, -0.25) is 8.98 Å². The van der Waals surface area contributed by atoms with Crippen LogP contribution in [0.4, 0.5) is 0 Å². The molecular formula is C35H52N5O5S+. The van der Waals surface area contributed by atoms with Crippen molar-refractivity contribution in [3.8, 4) is 11.4 Å². The van der Waals surface area contributed by atoms with Crippen molar-refractivity contribution in [1.82, 2.24) is 20.3 Å². The molecule has 2 N–H and O–H groups in total. The molecule has 11 heteroatoms. The molecule has 0 aliphatic rings. The van der Waals surface area contributed by atoms with E-state index in [1.165, 1.54) is 16.9 Å². The Morgan fingerprint density at radius 1 is 1.07 bits per heavy atom. The monoisotopic (exact) mass is 654 g/mol. The van der Waals surface area contributed by atoms with Crippen LogP contribution >= 0.6 is 0 Å². The average Bonchev–Trinajstić information content (AvgIpc) is 3.46. The molecule has 46 heavy (non-hydrogen) atoms. The molecule has 3 aromatic rings. The van der Waals surface area contributed by atoms with Crippen molar-refractivity contribution in [2.24, 2.45) is 0 Å². The predicted octanol–water partition coefficient (Wildman–Crippen LogP) is 5.81. The highest BCUT2D eigenvalue weighted by Gasteiger charge is 2.24. The highest BCUT2D eigenvalue weighted by atomic mass is 32.2. The summed E-state index contributed by atoms with van der Waals surface area (Å²) in [6, 6.07) is 10.3. The Hall–Kier alpha value is -3.80. The Labute approximate surface area is 275 Å². The first-order valence-corrected chi connectivity index (χ1v) is 17.0. The third-order valence-corrected chi connectivity index (χ3v) is 9.41. The van der Waals surface area contributed by atoms with Gasteiger partial charge in [-0.2, -0.15) is 8.42 Å². The Bertz CT molecular complexity index is 1560. The van der Waals surface area contributed by atoms with E-state index in [9.17, 15) is 18.3 Å². The van der Waals surface area contributed by atoms with E-state index in [-0.39, 0.29) is 22.0 Å². The van der Waals surface area contributed by atoms with Gasteiger partial charge in [-0.25, -0.2) is 0 Å². The number of hydrogen-bond acceptors (Lipinski definition) is 7. The van der Waals surface area contributed by atoms with Crippen LogP contribution in [0.1, 0.15) is 75.5 Å². The van der Waals surface area contributed by atoms with E-state index in [4.69, 9.17) is 0 Å². The summed E-state index contributed by atoms with van der Waals surface area (Å²) in [5, 5.41) is 23.0. The first kappa shape index (κ1) is 38.4. The van der Waals surface area contributed by atoms with Gasteiger partial charge in [0, 0.05) is 24.9 Å². The zero-order valence-corrected chi connectivity index (χ0v) is 29.6. The Morgan fingerprint density at radius 3 is 2.11 bits per heavy atom. The summed E-state index contributed by atoms with van der Waals surface area (Å²) in [7, 11) is -0.115.